The van der Waals surface area contributed by atoms with E-state index in [9.17, 15) is 14.9 Å². The SMILES string of the molecule is Nn1cc(-c2ccccc2)nc1SCC(=O)N1CCN(c2ccccc2[N+](=O)[O-])CC1. The number of carbonyl (C=O) groups excluding carboxylic acids is 1. The molecule has 1 aliphatic rings. The van der Waals surface area contributed by atoms with Gasteiger partial charge in [0.15, 0.2) is 5.16 Å². The molecule has 1 amide bonds. The van der Waals surface area contributed by atoms with Crippen molar-refractivity contribution >= 4 is 29.0 Å². The van der Waals surface area contributed by atoms with E-state index in [1.807, 2.05) is 35.2 Å². The van der Waals surface area contributed by atoms with Crippen LogP contribution in [0.15, 0.2) is 66.0 Å². The predicted molar refractivity (Wildman–Crippen MR) is 120 cm³/mol. The Morgan fingerprint density at radius 2 is 1.74 bits per heavy atom. The maximum Gasteiger partial charge on any atom is 0.292 e. The molecule has 160 valence electrons. The summed E-state index contributed by atoms with van der Waals surface area (Å²) in [6.07, 6.45) is 1.74. The third-order valence-corrected chi connectivity index (χ3v) is 6.10. The molecule has 2 heterocycles. The fourth-order valence-corrected chi connectivity index (χ4v) is 4.33. The lowest BCUT2D eigenvalue weighted by atomic mass is 10.2. The van der Waals surface area contributed by atoms with Crippen LogP contribution in [0.2, 0.25) is 0 Å². The summed E-state index contributed by atoms with van der Waals surface area (Å²) in [6, 6.07) is 16.4. The van der Waals surface area contributed by atoms with E-state index in [1.54, 1.807) is 29.3 Å². The predicted octanol–water partition coefficient (Wildman–Crippen LogP) is 2.61. The number of benzene rings is 2. The van der Waals surface area contributed by atoms with Crippen LogP contribution in [0.4, 0.5) is 11.4 Å². The number of thioether (sulfide) groups is 1. The lowest BCUT2D eigenvalue weighted by molar-refractivity contribution is -0.384. The number of nitrogen functional groups attached to an aromatic ring is 1. The van der Waals surface area contributed by atoms with E-state index in [0.717, 1.165) is 11.3 Å². The van der Waals surface area contributed by atoms with Gasteiger partial charge >= 0.3 is 0 Å². The van der Waals surface area contributed by atoms with Gasteiger partial charge in [0.2, 0.25) is 5.91 Å². The summed E-state index contributed by atoms with van der Waals surface area (Å²) in [7, 11) is 0. The van der Waals surface area contributed by atoms with Crippen LogP contribution in [0.1, 0.15) is 0 Å². The minimum Gasteiger partial charge on any atom is -0.362 e. The Balaban J connectivity index is 1.33. The number of amides is 1. The monoisotopic (exact) mass is 438 g/mol. The average Bonchev–Trinajstić information content (AvgIpc) is 3.18. The molecule has 0 unspecified atom stereocenters. The molecule has 0 spiro atoms. The molecule has 2 N–H and O–H groups in total. The molecule has 2 aromatic carbocycles. The Morgan fingerprint density at radius 1 is 1.06 bits per heavy atom. The Morgan fingerprint density at radius 3 is 2.45 bits per heavy atom. The average molecular weight is 439 g/mol. The maximum absolute atomic E-state index is 12.7. The van der Waals surface area contributed by atoms with E-state index in [2.05, 4.69) is 4.98 Å². The van der Waals surface area contributed by atoms with Gasteiger partial charge in [-0.1, -0.05) is 54.2 Å². The number of anilines is 1. The summed E-state index contributed by atoms with van der Waals surface area (Å²) in [5.74, 6) is 6.24. The van der Waals surface area contributed by atoms with Gasteiger partial charge in [-0.05, 0) is 6.07 Å². The number of nitrogens with two attached hydrogens (primary N) is 1. The van der Waals surface area contributed by atoms with Crippen LogP contribution in [0.25, 0.3) is 11.3 Å². The molecule has 1 fully saturated rings. The Labute approximate surface area is 183 Å². The number of para-hydroxylation sites is 2. The van der Waals surface area contributed by atoms with E-state index in [0.29, 0.717) is 37.0 Å². The smallest absolute Gasteiger partial charge is 0.292 e. The van der Waals surface area contributed by atoms with Crippen LogP contribution in [-0.4, -0.2) is 57.3 Å². The number of rotatable bonds is 6. The number of nitrogens with zero attached hydrogens (tertiary/aromatic N) is 5. The second-order valence-electron chi connectivity index (χ2n) is 7.08. The van der Waals surface area contributed by atoms with Crippen LogP contribution >= 0.6 is 11.8 Å². The summed E-state index contributed by atoms with van der Waals surface area (Å²) in [5.41, 5.74) is 2.40. The van der Waals surface area contributed by atoms with E-state index < -0.39 is 0 Å². The van der Waals surface area contributed by atoms with Gasteiger partial charge in [-0.2, -0.15) is 0 Å². The van der Waals surface area contributed by atoms with Crippen LogP contribution in [0, 0.1) is 10.1 Å². The van der Waals surface area contributed by atoms with Gasteiger partial charge in [-0.15, -0.1) is 0 Å². The van der Waals surface area contributed by atoms with Crippen LogP contribution < -0.4 is 10.7 Å². The van der Waals surface area contributed by atoms with Crippen molar-refractivity contribution in [3.63, 3.8) is 0 Å². The standard InChI is InChI=1S/C21H22N6O3S/c22-26-14-17(16-6-2-1-3-7-16)23-21(26)31-15-20(28)25-12-10-24(11-13-25)18-8-4-5-9-19(18)27(29)30/h1-9,14H,10-13,15,22H2. The first kappa shape index (κ1) is 20.7. The quantitative estimate of drug-likeness (QED) is 0.273. The maximum atomic E-state index is 12.7. The van der Waals surface area contributed by atoms with E-state index in [1.165, 1.54) is 22.5 Å². The van der Waals surface area contributed by atoms with Crippen LogP contribution in [0.5, 0.6) is 0 Å². The number of imidazole rings is 1. The second-order valence-corrected chi connectivity index (χ2v) is 8.03. The largest absolute Gasteiger partial charge is 0.362 e. The first-order chi connectivity index (χ1) is 15.0. The molecule has 0 bridgehead atoms. The van der Waals surface area contributed by atoms with Crippen LogP contribution in [-0.2, 0) is 4.79 Å². The highest BCUT2D eigenvalue weighted by molar-refractivity contribution is 7.99. The molecule has 3 aromatic rings. The molecule has 31 heavy (non-hydrogen) atoms. The summed E-state index contributed by atoms with van der Waals surface area (Å²) >= 11 is 1.30. The Bertz CT molecular complexity index is 1080. The van der Waals surface area contributed by atoms with Crippen molar-refractivity contribution in [3.05, 3.63) is 70.9 Å². The van der Waals surface area contributed by atoms with Gasteiger partial charge in [0.1, 0.15) is 5.69 Å². The zero-order valence-electron chi connectivity index (χ0n) is 16.8. The highest BCUT2D eigenvalue weighted by Crippen LogP contribution is 2.28. The van der Waals surface area contributed by atoms with Crippen molar-refractivity contribution in [1.29, 1.82) is 0 Å². The summed E-state index contributed by atoms with van der Waals surface area (Å²) in [6.45, 7) is 2.12. The third-order valence-electron chi connectivity index (χ3n) is 5.14. The zero-order chi connectivity index (χ0) is 21.8. The van der Waals surface area contributed by atoms with Crippen molar-refractivity contribution in [2.75, 3.05) is 42.7 Å². The summed E-state index contributed by atoms with van der Waals surface area (Å²) in [4.78, 5) is 31.8. The van der Waals surface area contributed by atoms with Gasteiger partial charge in [-0.3, -0.25) is 14.9 Å². The molecule has 1 saturated heterocycles. The van der Waals surface area contributed by atoms with Gasteiger partial charge in [-0.25, -0.2) is 9.66 Å². The lowest BCUT2D eigenvalue weighted by Gasteiger charge is -2.35. The fraction of sp³-hybridized carbons (Fsp3) is 0.238. The number of nitro benzene ring substituents is 1. The van der Waals surface area contributed by atoms with Gasteiger partial charge in [0, 0.05) is 37.8 Å². The molecule has 10 heteroatoms. The highest BCUT2D eigenvalue weighted by Gasteiger charge is 2.25. The van der Waals surface area contributed by atoms with E-state index in [4.69, 9.17) is 5.84 Å². The first-order valence-corrected chi connectivity index (χ1v) is 10.8. The lowest BCUT2D eigenvalue weighted by Crippen LogP contribution is -2.49. The molecule has 0 saturated carbocycles. The molecular formula is C21H22N6O3S. The van der Waals surface area contributed by atoms with Crippen LogP contribution in [0.3, 0.4) is 0 Å². The number of nitro groups is 1. The zero-order valence-corrected chi connectivity index (χ0v) is 17.6. The number of hydrogen-bond donors (Lipinski definition) is 1. The molecule has 9 nitrogen and oxygen atoms in total. The Kier molecular flexibility index (Phi) is 6.08. The molecule has 0 aliphatic carbocycles. The summed E-state index contributed by atoms with van der Waals surface area (Å²) < 4.78 is 1.44. The second kappa shape index (κ2) is 9.09. The molecule has 0 radical (unpaired) electrons. The van der Waals surface area contributed by atoms with Gasteiger partial charge in [0.25, 0.3) is 5.69 Å². The van der Waals surface area contributed by atoms with E-state index in [-0.39, 0.29) is 22.3 Å². The summed E-state index contributed by atoms with van der Waals surface area (Å²) in [5, 5.41) is 11.8. The molecule has 1 aliphatic heterocycles. The Hall–Kier alpha value is -3.53. The molecule has 4 rings (SSSR count). The number of carbonyl (C=O) groups is 1. The van der Waals surface area contributed by atoms with Crippen molar-refractivity contribution in [1.82, 2.24) is 14.6 Å². The van der Waals surface area contributed by atoms with Gasteiger partial charge in [0.05, 0.1) is 22.6 Å². The topological polar surface area (TPSA) is 111 Å². The number of piperazine rings is 1. The molecule has 0 atom stereocenters. The van der Waals surface area contributed by atoms with Crippen molar-refractivity contribution < 1.29 is 9.72 Å². The fourth-order valence-electron chi connectivity index (χ4n) is 3.53. The molecule has 1 aromatic heterocycles. The van der Waals surface area contributed by atoms with Crippen molar-refractivity contribution in [3.8, 4) is 11.3 Å². The third kappa shape index (κ3) is 4.64. The minimum absolute atomic E-state index is 0.00327. The minimum atomic E-state index is -0.373. The first-order valence-electron chi connectivity index (χ1n) is 9.82. The normalized spacial score (nSPS) is 13.9. The number of hydrogen-bond acceptors (Lipinski definition) is 7. The van der Waals surface area contributed by atoms with E-state index >= 15 is 0 Å². The van der Waals surface area contributed by atoms with Crippen molar-refractivity contribution in [2.24, 2.45) is 0 Å². The van der Waals surface area contributed by atoms with Gasteiger partial charge < -0.3 is 15.6 Å². The molecular weight excluding hydrogens is 416 g/mol. The number of aromatic nitrogens is 2. The van der Waals surface area contributed by atoms with Crippen molar-refractivity contribution in [2.45, 2.75) is 5.16 Å². The highest BCUT2D eigenvalue weighted by atomic mass is 32.2.